The number of hydrogen-bond acceptors (Lipinski definition) is 5. The summed E-state index contributed by atoms with van der Waals surface area (Å²) in [6.07, 6.45) is 3.99. The lowest BCUT2D eigenvalue weighted by Gasteiger charge is -2.16. The summed E-state index contributed by atoms with van der Waals surface area (Å²) in [6, 6.07) is 7.31. The number of aryl methyl sites for hydroxylation is 1. The van der Waals surface area contributed by atoms with Gasteiger partial charge in [-0.15, -0.1) is 0 Å². The minimum Gasteiger partial charge on any atom is -0.492 e. The third kappa shape index (κ3) is 4.61. The number of nitrogens with one attached hydrogen (secondary N) is 1. The van der Waals surface area contributed by atoms with Gasteiger partial charge in [0.25, 0.3) is 5.91 Å². The van der Waals surface area contributed by atoms with Crippen molar-refractivity contribution in [1.29, 1.82) is 0 Å². The van der Waals surface area contributed by atoms with Crippen LogP contribution in [-0.4, -0.2) is 37.0 Å². The fourth-order valence-corrected chi connectivity index (χ4v) is 2.99. The number of furan rings is 1. The van der Waals surface area contributed by atoms with Crippen molar-refractivity contribution in [3.8, 4) is 5.75 Å². The molecule has 1 aromatic heterocycles. The normalized spacial score (nSPS) is 14.6. The standard InChI is InChI=1S/C19H25N3O3/c1-14-10-16(21-19(23)15-11-17(12-20)25-13-15)4-5-18(14)24-9-8-22-6-2-3-7-22/h4-5,10-11,13H,2-3,6-9,12,20H2,1H3,(H,21,23). The Morgan fingerprint density at radius 2 is 2.12 bits per heavy atom. The average Bonchev–Trinajstić information content (AvgIpc) is 3.28. The van der Waals surface area contributed by atoms with Crippen LogP contribution in [0.5, 0.6) is 5.75 Å². The first-order chi connectivity index (χ1) is 12.2. The van der Waals surface area contributed by atoms with Gasteiger partial charge in [0.1, 0.15) is 24.4 Å². The molecule has 0 atom stereocenters. The van der Waals surface area contributed by atoms with Gasteiger partial charge < -0.3 is 20.2 Å². The summed E-state index contributed by atoms with van der Waals surface area (Å²) in [5.74, 6) is 1.22. The van der Waals surface area contributed by atoms with Crippen LogP contribution < -0.4 is 15.8 Å². The number of likely N-dealkylation sites (tertiary alicyclic amines) is 1. The number of carbonyl (C=O) groups is 1. The maximum Gasteiger partial charge on any atom is 0.258 e. The minimum absolute atomic E-state index is 0.217. The van der Waals surface area contributed by atoms with Gasteiger partial charge in [0.2, 0.25) is 0 Å². The van der Waals surface area contributed by atoms with Crippen molar-refractivity contribution in [3.63, 3.8) is 0 Å². The number of rotatable bonds is 7. The Balaban J connectivity index is 1.54. The van der Waals surface area contributed by atoms with Crippen molar-refractivity contribution in [2.45, 2.75) is 26.3 Å². The smallest absolute Gasteiger partial charge is 0.258 e. The zero-order chi connectivity index (χ0) is 17.6. The van der Waals surface area contributed by atoms with Gasteiger partial charge in [-0.05, 0) is 62.7 Å². The third-order valence-corrected chi connectivity index (χ3v) is 4.41. The summed E-state index contributed by atoms with van der Waals surface area (Å²) >= 11 is 0. The summed E-state index contributed by atoms with van der Waals surface area (Å²) in [5, 5.41) is 2.86. The molecular weight excluding hydrogens is 318 g/mol. The Labute approximate surface area is 147 Å². The molecule has 0 bridgehead atoms. The maximum atomic E-state index is 12.2. The Bertz CT molecular complexity index is 720. The maximum absolute atomic E-state index is 12.2. The van der Waals surface area contributed by atoms with Gasteiger partial charge in [0.15, 0.2) is 0 Å². The summed E-state index contributed by atoms with van der Waals surface area (Å²) in [4.78, 5) is 14.6. The van der Waals surface area contributed by atoms with Crippen molar-refractivity contribution in [1.82, 2.24) is 4.90 Å². The summed E-state index contributed by atoms with van der Waals surface area (Å²) in [6.45, 7) is 6.24. The molecule has 0 spiro atoms. The SMILES string of the molecule is Cc1cc(NC(=O)c2coc(CN)c2)ccc1OCCN1CCCC1. The summed E-state index contributed by atoms with van der Waals surface area (Å²) in [7, 11) is 0. The van der Waals surface area contributed by atoms with Crippen LogP contribution in [0.25, 0.3) is 0 Å². The molecule has 1 fully saturated rings. The van der Waals surface area contributed by atoms with Crippen LogP contribution in [0, 0.1) is 6.92 Å². The highest BCUT2D eigenvalue weighted by molar-refractivity contribution is 6.04. The number of anilines is 1. The van der Waals surface area contributed by atoms with Gasteiger partial charge in [0, 0.05) is 12.2 Å². The molecule has 0 unspecified atom stereocenters. The minimum atomic E-state index is -0.217. The van der Waals surface area contributed by atoms with Crippen molar-refractivity contribution < 1.29 is 13.9 Å². The second-order valence-corrected chi connectivity index (χ2v) is 6.34. The van der Waals surface area contributed by atoms with Crippen LogP contribution >= 0.6 is 0 Å². The molecule has 0 saturated carbocycles. The van der Waals surface area contributed by atoms with E-state index in [-0.39, 0.29) is 12.5 Å². The molecule has 3 rings (SSSR count). The van der Waals surface area contributed by atoms with E-state index in [0.717, 1.165) is 23.5 Å². The van der Waals surface area contributed by atoms with Crippen molar-refractivity contribution in [2.75, 3.05) is 31.6 Å². The number of ether oxygens (including phenoxy) is 1. The monoisotopic (exact) mass is 343 g/mol. The average molecular weight is 343 g/mol. The summed E-state index contributed by atoms with van der Waals surface area (Å²) in [5.41, 5.74) is 7.67. The van der Waals surface area contributed by atoms with Crippen LogP contribution in [0.15, 0.2) is 34.9 Å². The van der Waals surface area contributed by atoms with Crippen LogP contribution in [0.2, 0.25) is 0 Å². The van der Waals surface area contributed by atoms with Gasteiger partial charge in [-0.2, -0.15) is 0 Å². The van der Waals surface area contributed by atoms with Crippen LogP contribution in [0.4, 0.5) is 5.69 Å². The Hall–Kier alpha value is -2.31. The van der Waals surface area contributed by atoms with E-state index >= 15 is 0 Å². The van der Waals surface area contributed by atoms with Gasteiger partial charge in [-0.3, -0.25) is 9.69 Å². The van der Waals surface area contributed by atoms with E-state index in [1.807, 2.05) is 25.1 Å². The van der Waals surface area contributed by atoms with Gasteiger partial charge in [-0.1, -0.05) is 0 Å². The lowest BCUT2D eigenvalue weighted by molar-refractivity contribution is 0.102. The highest BCUT2D eigenvalue weighted by Crippen LogP contribution is 2.23. The number of amides is 1. The number of nitrogens with two attached hydrogens (primary N) is 1. The first-order valence-corrected chi connectivity index (χ1v) is 8.70. The molecule has 1 aliphatic heterocycles. The molecule has 6 nitrogen and oxygen atoms in total. The predicted octanol–water partition coefficient (Wildman–Crippen LogP) is 2.77. The number of carbonyl (C=O) groups excluding carboxylic acids is 1. The topological polar surface area (TPSA) is 80.7 Å². The fourth-order valence-electron chi connectivity index (χ4n) is 2.99. The van der Waals surface area contributed by atoms with Crippen LogP contribution in [-0.2, 0) is 6.54 Å². The van der Waals surface area contributed by atoms with Crippen LogP contribution in [0.3, 0.4) is 0 Å². The van der Waals surface area contributed by atoms with Gasteiger partial charge in [0.05, 0.1) is 12.1 Å². The van der Waals surface area contributed by atoms with E-state index in [9.17, 15) is 4.79 Å². The van der Waals surface area contributed by atoms with E-state index in [1.165, 1.54) is 32.2 Å². The quantitative estimate of drug-likeness (QED) is 0.808. The Kier molecular flexibility index (Phi) is 5.73. The number of hydrogen-bond donors (Lipinski definition) is 2. The molecule has 1 amide bonds. The van der Waals surface area contributed by atoms with E-state index in [0.29, 0.717) is 17.9 Å². The highest BCUT2D eigenvalue weighted by atomic mass is 16.5. The number of benzene rings is 1. The highest BCUT2D eigenvalue weighted by Gasteiger charge is 2.12. The Morgan fingerprint density at radius 1 is 1.32 bits per heavy atom. The first-order valence-electron chi connectivity index (χ1n) is 8.70. The van der Waals surface area contributed by atoms with Crippen molar-refractivity contribution in [2.24, 2.45) is 5.73 Å². The predicted molar refractivity (Wildman–Crippen MR) is 96.9 cm³/mol. The molecule has 0 radical (unpaired) electrons. The van der Waals surface area contributed by atoms with E-state index < -0.39 is 0 Å². The molecular formula is C19H25N3O3. The molecule has 2 heterocycles. The molecule has 3 N–H and O–H groups in total. The second-order valence-electron chi connectivity index (χ2n) is 6.34. The van der Waals surface area contributed by atoms with E-state index in [4.69, 9.17) is 14.9 Å². The lowest BCUT2D eigenvalue weighted by atomic mass is 10.2. The van der Waals surface area contributed by atoms with Crippen LogP contribution in [0.1, 0.15) is 34.5 Å². The zero-order valence-electron chi connectivity index (χ0n) is 14.6. The molecule has 1 aliphatic rings. The molecule has 0 aliphatic carbocycles. The molecule has 25 heavy (non-hydrogen) atoms. The summed E-state index contributed by atoms with van der Waals surface area (Å²) < 4.78 is 11.1. The second kappa shape index (κ2) is 8.18. The Morgan fingerprint density at radius 3 is 2.80 bits per heavy atom. The molecule has 1 saturated heterocycles. The molecule has 134 valence electrons. The molecule has 6 heteroatoms. The number of nitrogens with zero attached hydrogens (tertiary/aromatic N) is 1. The van der Waals surface area contributed by atoms with Gasteiger partial charge in [-0.25, -0.2) is 0 Å². The fraction of sp³-hybridized carbons (Fsp3) is 0.421. The lowest BCUT2D eigenvalue weighted by Crippen LogP contribution is -2.25. The molecule has 2 aromatic rings. The van der Waals surface area contributed by atoms with Crippen molar-refractivity contribution in [3.05, 3.63) is 47.4 Å². The largest absolute Gasteiger partial charge is 0.492 e. The zero-order valence-corrected chi connectivity index (χ0v) is 14.6. The third-order valence-electron chi connectivity index (χ3n) is 4.41. The van der Waals surface area contributed by atoms with Gasteiger partial charge >= 0.3 is 0 Å². The van der Waals surface area contributed by atoms with E-state index in [1.54, 1.807) is 6.07 Å². The molecule has 1 aromatic carbocycles. The van der Waals surface area contributed by atoms with E-state index in [2.05, 4.69) is 10.2 Å². The first kappa shape index (κ1) is 17.5. The van der Waals surface area contributed by atoms with Crippen molar-refractivity contribution >= 4 is 11.6 Å².